The third-order valence-electron chi connectivity index (χ3n) is 5.89. The second kappa shape index (κ2) is 7.08. The third-order valence-corrected chi connectivity index (χ3v) is 5.89. The number of nitrogens with zero attached hydrogens (tertiary/aromatic N) is 1. The molecule has 0 saturated carbocycles. The highest BCUT2D eigenvalue weighted by Gasteiger charge is 2.45. The molecule has 0 radical (unpaired) electrons. The first kappa shape index (κ1) is 19.0. The van der Waals surface area contributed by atoms with E-state index in [4.69, 9.17) is 0 Å². The zero-order valence-electron chi connectivity index (χ0n) is 17.3. The van der Waals surface area contributed by atoms with Crippen LogP contribution in [0.3, 0.4) is 0 Å². The van der Waals surface area contributed by atoms with Crippen molar-refractivity contribution in [1.29, 1.82) is 0 Å². The average Bonchev–Trinajstić information content (AvgIpc) is 2.55. The Bertz CT molecular complexity index is 728. The molecule has 0 aliphatic carbocycles. The monoisotopic (exact) mass is 350 g/mol. The molecule has 3 rings (SSSR count). The fourth-order valence-corrected chi connectivity index (χ4v) is 4.73. The first-order valence-electron chi connectivity index (χ1n) is 9.83. The quantitative estimate of drug-likeness (QED) is 0.734. The Morgan fingerprint density at radius 2 is 1.54 bits per heavy atom. The molecular weight excluding hydrogens is 316 g/mol. The molecule has 2 aromatic rings. The van der Waals surface area contributed by atoms with Crippen LogP contribution in [0.15, 0.2) is 48.5 Å². The number of benzene rings is 2. The summed E-state index contributed by atoms with van der Waals surface area (Å²) in [5.41, 5.74) is 5.63. The van der Waals surface area contributed by atoms with Gasteiger partial charge in [0.1, 0.15) is 0 Å². The van der Waals surface area contributed by atoms with Crippen LogP contribution in [0.5, 0.6) is 0 Å². The topological polar surface area (TPSA) is 15.3 Å². The molecule has 140 valence electrons. The maximum atomic E-state index is 3.86. The zero-order valence-corrected chi connectivity index (χ0v) is 17.3. The van der Waals surface area contributed by atoms with Gasteiger partial charge in [-0.05, 0) is 77.1 Å². The highest BCUT2D eigenvalue weighted by atomic mass is 15.3. The molecule has 0 amide bonds. The van der Waals surface area contributed by atoms with Gasteiger partial charge in [-0.15, -0.1) is 0 Å². The Hall–Kier alpha value is -1.80. The lowest BCUT2D eigenvalue weighted by Crippen LogP contribution is -2.62. The van der Waals surface area contributed by atoms with Gasteiger partial charge in [-0.3, -0.25) is 4.90 Å². The summed E-state index contributed by atoms with van der Waals surface area (Å²) >= 11 is 0. The Morgan fingerprint density at radius 3 is 2.15 bits per heavy atom. The molecule has 0 atom stereocenters. The molecular formula is C24H34N2. The van der Waals surface area contributed by atoms with Crippen molar-refractivity contribution in [2.75, 3.05) is 5.32 Å². The minimum atomic E-state index is 0.146. The molecule has 1 aliphatic heterocycles. The predicted octanol–water partition coefficient (Wildman–Crippen LogP) is 5.94. The van der Waals surface area contributed by atoms with Crippen molar-refractivity contribution in [1.82, 2.24) is 4.90 Å². The number of hydrogen-bond acceptors (Lipinski definition) is 2. The van der Waals surface area contributed by atoms with Gasteiger partial charge in [-0.1, -0.05) is 42.5 Å². The molecule has 2 nitrogen and oxygen atoms in total. The number of aryl methyl sites for hydroxylation is 2. The summed E-state index contributed by atoms with van der Waals surface area (Å²) in [6, 6.07) is 18.1. The second-order valence-corrected chi connectivity index (χ2v) is 9.26. The van der Waals surface area contributed by atoms with Gasteiger partial charge in [0, 0.05) is 29.4 Å². The Balaban J connectivity index is 1.79. The van der Waals surface area contributed by atoms with Crippen molar-refractivity contribution in [2.45, 2.75) is 78.0 Å². The molecule has 0 spiro atoms. The van der Waals surface area contributed by atoms with Gasteiger partial charge in [0.05, 0.1) is 0 Å². The average molecular weight is 351 g/mol. The first-order chi connectivity index (χ1) is 12.2. The molecule has 26 heavy (non-hydrogen) atoms. The Labute approximate surface area is 159 Å². The summed E-state index contributed by atoms with van der Waals surface area (Å²) in [6.45, 7) is 15.0. The maximum absolute atomic E-state index is 3.86. The van der Waals surface area contributed by atoms with E-state index in [9.17, 15) is 0 Å². The van der Waals surface area contributed by atoms with Gasteiger partial charge >= 0.3 is 0 Å². The lowest BCUT2D eigenvalue weighted by Gasteiger charge is -2.55. The van der Waals surface area contributed by atoms with E-state index in [0.29, 0.717) is 6.04 Å². The van der Waals surface area contributed by atoms with Gasteiger partial charge in [0.2, 0.25) is 0 Å². The number of rotatable bonds is 4. The van der Waals surface area contributed by atoms with Crippen LogP contribution in [0.1, 0.15) is 57.2 Å². The molecule has 0 aromatic heterocycles. The lowest BCUT2D eigenvalue weighted by atomic mass is 9.76. The van der Waals surface area contributed by atoms with E-state index >= 15 is 0 Å². The van der Waals surface area contributed by atoms with Crippen LogP contribution in [-0.4, -0.2) is 22.0 Å². The molecule has 1 fully saturated rings. The molecule has 1 aliphatic rings. The normalized spacial score (nSPS) is 20.1. The third kappa shape index (κ3) is 4.12. The summed E-state index contributed by atoms with van der Waals surface area (Å²) in [4.78, 5) is 2.69. The number of piperidine rings is 1. The van der Waals surface area contributed by atoms with Crippen LogP contribution in [0, 0.1) is 13.8 Å². The van der Waals surface area contributed by atoms with E-state index in [1.54, 1.807) is 0 Å². The van der Waals surface area contributed by atoms with Crippen LogP contribution in [0.4, 0.5) is 5.69 Å². The van der Waals surface area contributed by atoms with Gasteiger partial charge in [0.15, 0.2) is 0 Å². The SMILES string of the molecule is Cc1ccc(C)c(NC2CC(C)(C)N(Cc3ccccc3)C(C)(C)C2)c1. The fourth-order valence-electron chi connectivity index (χ4n) is 4.73. The van der Waals surface area contributed by atoms with E-state index in [0.717, 1.165) is 19.4 Å². The standard InChI is InChI=1S/C24H34N2/c1-18-12-13-19(2)22(14-18)25-21-15-23(3,4)26(24(5,6)16-21)17-20-10-8-7-9-11-20/h7-14,21,25H,15-17H2,1-6H3. The van der Waals surface area contributed by atoms with Crippen molar-refractivity contribution < 1.29 is 0 Å². The minimum Gasteiger partial charge on any atom is -0.382 e. The summed E-state index contributed by atoms with van der Waals surface area (Å²) in [7, 11) is 0. The highest BCUT2D eigenvalue weighted by Crippen LogP contribution is 2.40. The number of hydrogen-bond donors (Lipinski definition) is 1. The molecule has 1 heterocycles. The van der Waals surface area contributed by atoms with Crippen molar-refractivity contribution in [3.8, 4) is 0 Å². The Kier molecular flexibility index (Phi) is 5.16. The first-order valence-corrected chi connectivity index (χ1v) is 9.83. The van der Waals surface area contributed by atoms with E-state index in [-0.39, 0.29) is 11.1 Å². The molecule has 2 aromatic carbocycles. The number of likely N-dealkylation sites (tertiary alicyclic amines) is 1. The van der Waals surface area contributed by atoms with E-state index in [1.165, 1.54) is 22.4 Å². The summed E-state index contributed by atoms with van der Waals surface area (Å²) in [6.07, 6.45) is 2.30. The summed E-state index contributed by atoms with van der Waals surface area (Å²) in [5.74, 6) is 0. The van der Waals surface area contributed by atoms with Gasteiger partial charge < -0.3 is 5.32 Å². The number of nitrogens with one attached hydrogen (secondary N) is 1. The Morgan fingerprint density at radius 1 is 0.923 bits per heavy atom. The van der Waals surface area contributed by atoms with Crippen molar-refractivity contribution in [3.63, 3.8) is 0 Å². The predicted molar refractivity (Wildman–Crippen MR) is 113 cm³/mol. The number of anilines is 1. The molecule has 1 saturated heterocycles. The molecule has 1 N–H and O–H groups in total. The molecule has 0 bridgehead atoms. The van der Waals surface area contributed by atoms with Crippen molar-refractivity contribution in [3.05, 3.63) is 65.2 Å². The van der Waals surface area contributed by atoms with Crippen molar-refractivity contribution in [2.24, 2.45) is 0 Å². The smallest absolute Gasteiger partial charge is 0.0374 e. The van der Waals surface area contributed by atoms with E-state index in [1.807, 2.05) is 0 Å². The highest BCUT2D eigenvalue weighted by molar-refractivity contribution is 5.53. The van der Waals surface area contributed by atoms with Gasteiger partial charge in [-0.2, -0.15) is 0 Å². The second-order valence-electron chi connectivity index (χ2n) is 9.26. The van der Waals surface area contributed by atoms with Gasteiger partial charge in [0.25, 0.3) is 0 Å². The summed E-state index contributed by atoms with van der Waals surface area (Å²) < 4.78 is 0. The largest absolute Gasteiger partial charge is 0.382 e. The zero-order chi connectivity index (χ0) is 18.9. The van der Waals surface area contributed by atoms with Crippen molar-refractivity contribution >= 4 is 5.69 Å². The molecule has 0 unspecified atom stereocenters. The van der Waals surface area contributed by atoms with Crippen LogP contribution in [0.2, 0.25) is 0 Å². The van der Waals surface area contributed by atoms with Crippen LogP contribution in [0.25, 0.3) is 0 Å². The van der Waals surface area contributed by atoms with E-state index < -0.39 is 0 Å². The summed E-state index contributed by atoms with van der Waals surface area (Å²) in [5, 5.41) is 3.86. The van der Waals surface area contributed by atoms with E-state index in [2.05, 4.69) is 100 Å². The van der Waals surface area contributed by atoms with Crippen LogP contribution in [-0.2, 0) is 6.54 Å². The fraction of sp³-hybridized carbons (Fsp3) is 0.500. The van der Waals surface area contributed by atoms with Crippen LogP contribution >= 0.6 is 0 Å². The van der Waals surface area contributed by atoms with Gasteiger partial charge in [-0.25, -0.2) is 0 Å². The lowest BCUT2D eigenvalue weighted by molar-refractivity contribution is -0.0388. The minimum absolute atomic E-state index is 0.146. The van der Waals surface area contributed by atoms with Crippen LogP contribution < -0.4 is 5.32 Å². The molecule has 2 heteroatoms. The maximum Gasteiger partial charge on any atom is 0.0374 e.